The molecule has 0 fully saturated rings. The molecule has 0 bridgehead atoms. The lowest BCUT2D eigenvalue weighted by molar-refractivity contribution is 0.0949. The highest BCUT2D eigenvalue weighted by molar-refractivity contribution is 6.00. The number of aryl methyl sites for hydroxylation is 1. The van der Waals surface area contributed by atoms with Gasteiger partial charge >= 0.3 is 0 Å². The summed E-state index contributed by atoms with van der Waals surface area (Å²) in [6, 6.07) is 12.9. The Morgan fingerprint density at radius 1 is 1.04 bits per heavy atom. The number of hydrogen-bond acceptors (Lipinski definition) is 6. The van der Waals surface area contributed by atoms with Crippen molar-refractivity contribution in [3.63, 3.8) is 0 Å². The Morgan fingerprint density at radius 2 is 1.68 bits per heavy atom. The maximum absolute atomic E-state index is 12.9. The molecule has 0 atom stereocenters. The highest BCUT2D eigenvalue weighted by Gasteiger charge is 2.22. The molecule has 0 aliphatic carbocycles. The van der Waals surface area contributed by atoms with Crippen LogP contribution in [0.5, 0.6) is 17.2 Å². The van der Waals surface area contributed by atoms with Gasteiger partial charge in [0.15, 0.2) is 0 Å². The van der Waals surface area contributed by atoms with E-state index in [4.69, 9.17) is 18.7 Å². The summed E-state index contributed by atoms with van der Waals surface area (Å²) in [7, 11) is 4.67. The SMILES string of the molecule is COc1cc(OC)c(CNC(=O)c2c(-c3ccccc3)noc2C)c(OC)c1. The van der Waals surface area contributed by atoms with Crippen molar-refractivity contribution in [3.8, 4) is 28.5 Å². The van der Waals surface area contributed by atoms with Crippen molar-refractivity contribution in [2.24, 2.45) is 0 Å². The molecule has 1 aromatic heterocycles. The van der Waals surface area contributed by atoms with Gasteiger partial charge in [0, 0.05) is 17.7 Å². The van der Waals surface area contributed by atoms with Gasteiger partial charge in [0.1, 0.15) is 34.3 Å². The number of methoxy groups -OCH3 is 3. The first-order valence-electron chi connectivity index (χ1n) is 8.67. The molecule has 1 heterocycles. The molecule has 0 spiro atoms. The van der Waals surface area contributed by atoms with E-state index in [1.807, 2.05) is 30.3 Å². The molecule has 0 unspecified atom stereocenters. The van der Waals surface area contributed by atoms with Gasteiger partial charge in [0.05, 0.1) is 33.4 Å². The third-order valence-electron chi connectivity index (χ3n) is 4.38. The number of rotatable bonds is 7. The van der Waals surface area contributed by atoms with Crippen LogP contribution in [0.3, 0.4) is 0 Å². The van der Waals surface area contributed by atoms with Crippen LogP contribution in [0, 0.1) is 6.92 Å². The summed E-state index contributed by atoms with van der Waals surface area (Å²) in [6.07, 6.45) is 0. The molecule has 0 saturated carbocycles. The van der Waals surface area contributed by atoms with E-state index in [0.717, 1.165) is 5.56 Å². The van der Waals surface area contributed by atoms with E-state index in [1.54, 1.807) is 40.4 Å². The van der Waals surface area contributed by atoms with Gasteiger partial charge in [-0.05, 0) is 6.92 Å². The van der Waals surface area contributed by atoms with Crippen molar-refractivity contribution < 1.29 is 23.5 Å². The number of ether oxygens (including phenoxy) is 3. The lowest BCUT2D eigenvalue weighted by Gasteiger charge is -2.15. The molecule has 3 aromatic rings. The summed E-state index contributed by atoms with van der Waals surface area (Å²) >= 11 is 0. The fraction of sp³-hybridized carbons (Fsp3) is 0.238. The van der Waals surface area contributed by atoms with Crippen LogP contribution < -0.4 is 19.5 Å². The third-order valence-corrected chi connectivity index (χ3v) is 4.38. The minimum atomic E-state index is -0.294. The molecule has 0 saturated heterocycles. The average molecular weight is 382 g/mol. The molecule has 146 valence electrons. The molecule has 2 aromatic carbocycles. The number of aromatic nitrogens is 1. The summed E-state index contributed by atoms with van der Waals surface area (Å²) in [5.74, 6) is 1.87. The number of amides is 1. The second-order valence-electron chi connectivity index (χ2n) is 6.02. The third kappa shape index (κ3) is 3.78. The van der Waals surface area contributed by atoms with Crippen molar-refractivity contribution >= 4 is 5.91 Å². The number of carbonyl (C=O) groups excluding carboxylic acids is 1. The molecule has 1 N–H and O–H groups in total. The number of hydrogen-bond donors (Lipinski definition) is 1. The van der Waals surface area contributed by atoms with E-state index in [2.05, 4.69) is 10.5 Å². The number of nitrogens with one attached hydrogen (secondary N) is 1. The number of carbonyl (C=O) groups is 1. The van der Waals surface area contributed by atoms with E-state index in [9.17, 15) is 4.79 Å². The van der Waals surface area contributed by atoms with Crippen LogP contribution in [0.25, 0.3) is 11.3 Å². The lowest BCUT2D eigenvalue weighted by Crippen LogP contribution is -2.24. The summed E-state index contributed by atoms with van der Waals surface area (Å²) in [5.41, 5.74) is 2.42. The van der Waals surface area contributed by atoms with Crippen molar-refractivity contribution in [1.82, 2.24) is 10.5 Å². The van der Waals surface area contributed by atoms with Gasteiger partial charge in [0.25, 0.3) is 5.91 Å². The van der Waals surface area contributed by atoms with Gasteiger partial charge in [-0.25, -0.2) is 0 Å². The predicted octanol–water partition coefficient (Wildman–Crippen LogP) is 3.61. The zero-order valence-electron chi connectivity index (χ0n) is 16.2. The van der Waals surface area contributed by atoms with Gasteiger partial charge in [0.2, 0.25) is 0 Å². The molecule has 0 aliphatic heterocycles. The van der Waals surface area contributed by atoms with E-state index in [1.165, 1.54) is 0 Å². The summed E-state index contributed by atoms with van der Waals surface area (Å²) in [6.45, 7) is 1.91. The zero-order chi connectivity index (χ0) is 20.1. The maximum Gasteiger partial charge on any atom is 0.257 e. The minimum Gasteiger partial charge on any atom is -0.496 e. The molecule has 0 aliphatic rings. The minimum absolute atomic E-state index is 0.202. The normalized spacial score (nSPS) is 10.4. The predicted molar refractivity (Wildman–Crippen MR) is 104 cm³/mol. The maximum atomic E-state index is 12.9. The van der Waals surface area contributed by atoms with E-state index < -0.39 is 0 Å². The monoisotopic (exact) mass is 382 g/mol. The van der Waals surface area contributed by atoms with Gasteiger partial charge in [-0.2, -0.15) is 0 Å². The van der Waals surface area contributed by atoms with Crippen molar-refractivity contribution in [1.29, 1.82) is 0 Å². The van der Waals surface area contributed by atoms with Crippen molar-refractivity contribution in [3.05, 3.63) is 59.4 Å². The standard InChI is InChI=1S/C21H22N2O5/c1-13-19(20(23-28-13)14-8-6-5-7-9-14)21(24)22-12-16-17(26-3)10-15(25-2)11-18(16)27-4/h5-11H,12H2,1-4H3,(H,22,24). The molecular formula is C21H22N2O5. The number of nitrogens with zero attached hydrogens (tertiary/aromatic N) is 1. The second-order valence-corrected chi connectivity index (χ2v) is 6.02. The Hall–Kier alpha value is -3.48. The highest BCUT2D eigenvalue weighted by atomic mass is 16.5. The molecule has 3 rings (SSSR count). The summed E-state index contributed by atoms with van der Waals surface area (Å²) < 4.78 is 21.4. The van der Waals surface area contributed by atoms with Gasteiger partial charge in [-0.1, -0.05) is 35.5 Å². The Bertz CT molecular complexity index is 941. The van der Waals surface area contributed by atoms with Crippen LogP contribution in [0.1, 0.15) is 21.7 Å². The Labute approximate surface area is 163 Å². The topological polar surface area (TPSA) is 82.8 Å². The van der Waals surface area contributed by atoms with Crippen LogP contribution in [-0.4, -0.2) is 32.4 Å². The largest absolute Gasteiger partial charge is 0.496 e. The fourth-order valence-corrected chi connectivity index (χ4v) is 2.94. The Balaban J connectivity index is 1.87. The first-order valence-corrected chi connectivity index (χ1v) is 8.67. The van der Waals surface area contributed by atoms with Crippen LogP contribution >= 0.6 is 0 Å². The van der Waals surface area contributed by atoms with Crippen molar-refractivity contribution in [2.75, 3.05) is 21.3 Å². The van der Waals surface area contributed by atoms with Gasteiger partial charge < -0.3 is 24.1 Å². The van der Waals surface area contributed by atoms with Crippen LogP contribution in [-0.2, 0) is 6.54 Å². The summed E-state index contributed by atoms with van der Waals surface area (Å²) in [4.78, 5) is 12.9. The van der Waals surface area contributed by atoms with E-state index in [0.29, 0.717) is 39.8 Å². The van der Waals surface area contributed by atoms with E-state index in [-0.39, 0.29) is 12.5 Å². The van der Waals surface area contributed by atoms with E-state index >= 15 is 0 Å². The molecule has 28 heavy (non-hydrogen) atoms. The molecule has 0 radical (unpaired) electrons. The first kappa shape index (κ1) is 19.3. The number of benzene rings is 2. The Morgan fingerprint density at radius 3 is 2.25 bits per heavy atom. The van der Waals surface area contributed by atoms with Gasteiger partial charge in [-0.15, -0.1) is 0 Å². The van der Waals surface area contributed by atoms with Crippen LogP contribution in [0.2, 0.25) is 0 Å². The zero-order valence-corrected chi connectivity index (χ0v) is 16.2. The van der Waals surface area contributed by atoms with Crippen molar-refractivity contribution in [2.45, 2.75) is 13.5 Å². The molecule has 1 amide bonds. The Kier molecular flexibility index (Phi) is 5.84. The summed E-state index contributed by atoms with van der Waals surface area (Å²) in [5, 5.41) is 6.95. The quantitative estimate of drug-likeness (QED) is 0.672. The average Bonchev–Trinajstić information content (AvgIpc) is 3.13. The van der Waals surface area contributed by atoms with Crippen LogP contribution in [0.4, 0.5) is 0 Å². The highest BCUT2D eigenvalue weighted by Crippen LogP contribution is 2.34. The lowest BCUT2D eigenvalue weighted by atomic mass is 10.1. The first-order chi connectivity index (χ1) is 13.6. The molecule has 7 nitrogen and oxygen atoms in total. The molecular weight excluding hydrogens is 360 g/mol. The fourth-order valence-electron chi connectivity index (χ4n) is 2.94. The van der Waals surface area contributed by atoms with Crippen LogP contribution in [0.15, 0.2) is 47.0 Å². The van der Waals surface area contributed by atoms with Gasteiger partial charge in [-0.3, -0.25) is 4.79 Å². The smallest absolute Gasteiger partial charge is 0.257 e. The molecule has 7 heteroatoms. The second kappa shape index (κ2) is 8.47.